The lowest BCUT2D eigenvalue weighted by molar-refractivity contribution is 0.0949. The van der Waals surface area contributed by atoms with Crippen molar-refractivity contribution in [1.82, 2.24) is 5.32 Å². The van der Waals surface area contributed by atoms with Gasteiger partial charge in [0.05, 0.1) is 7.11 Å². The molecule has 0 aliphatic heterocycles. The third-order valence-electron chi connectivity index (χ3n) is 4.89. The van der Waals surface area contributed by atoms with Crippen molar-refractivity contribution in [1.29, 1.82) is 0 Å². The van der Waals surface area contributed by atoms with Crippen LogP contribution >= 0.6 is 0 Å². The van der Waals surface area contributed by atoms with Crippen LogP contribution in [0.25, 0.3) is 0 Å². The molecule has 0 saturated carbocycles. The minimum atomic E-state index is -0.211. The molecule has 0 aliphatic rings. The van der Waals surface area contributed by atoms with Gasteiger partial charge in [-0.2, -0.15) is 0 Å². The van der Waals surface area contributed by atoms with Crippen molar-refractivity contribution in [3.63, 3.8) is 0 Å². The lowest BCUT2D eigenvalue weighted by Gasteiger charge is -2.11. The number of methoxy groups -OCH3 is 1. The molecule has 5 nitrogen and oxygen atoms in total. The number of hydrogen-bond acceptors (Lipinski definition) is 3. The first-order valence-corrected chi connectivity index (χ1v) is 9.37. The molecule has 29 heavy (non-hydrogen) atoms. The molecule has 0 atom stereocenters. The van der Waals surface area contributed by atoms with E-state index >= 15 is 0 Å². The number of carbonyl (C=O) groups is 2. The molecule has 3 aromatic rings. The quantitative estimate of drug-likeness (QED) is 0.654. The number of rotatable bonds is 6. The summed E-state index contributed by atoms with van der Waals surface area (Å²) in [6.07, 6.45) is 0. The number of anilines is 1. The maximum atomic E-state index is 12.5. The van der Waals surface area contributed by atoms with Gasteiger partial charge in [0.25, 0.3) is 11.8 Å². The zero-order valence-electron chi connectivity index (χ0n) is 16.8. The highest BCUT2D eigenvalue weighted by Gasteiger charge is 2.11. The lowest BCUT2D eigenvalue weighted by Crippen LogP contribution is -2.23. The first-order chi connectivity index (χ1) is 14.0. The van der Waals surface area contributed by atoms with Crippen molar-refractivity contribution in [2.24, 2.45) is 0 Å². The van der Waals surface area contributed by atoms with Crippen LogP contribution in [-0.2, 0) is 6.54 Å². The van der Waals surface area contributed by atoms with E-state index in [1.807, 2.05) is 56.3 Å². The van der Waals surface area contributed by atoms with Crippen molar-refractivity contribution in [3.8, 4) is 5.75 Å². The first-order valence-electron chi connectivity index (χ1n) is 9.37. The molecule has 0 radical (unpaired) electrons. The van der Waals surface area contributed by atoms with Crippen LogP contribution in [0.1, 0.15) is 37.4 Å². The van der Waals surface area contributed by atoms with Gasteiger partial charge in [0.15, 0.2) is 0 Å². The molecule has 0 fully saturated rings. The predicted molar refractivity (Wildman–Crippen MR) is 114 cm³/mol. The number of ether oxygens (including phenoxy) is 1. The van der Waals surface area contributed by atoms with E-state index in [1.165, 1.54) is 0 Å². The number of nitrogens with one attached hydrogen (secondary N) is 2. The van der Waals surface area contributed by atoms with Crippen LogP contribution in [0.3, 0.4) is 0 Å². The van der Waals surface area contributed by atoms with Crippen LogP contribution in [0, 0.1) is 13.8 Å². The molecule has 0 spiro atoms. The predicted octanol–water partition coefficient (Wildman–Crippen LogP) is 4.49. The van der Waals surface area contributed by atoms with Crippen molar-refractivity contribution in [2.45, 2.75) is 20.4 Å². The van der Waals surface area contributed by atoms with E-state index in [0.717, 1.165) is 28.1 Å². The summed E-state index contributed by atoms with van der Waals surface area (Å²) in [5.74, 6) is 0.309. The van der Waals surface area contributed by atoms with Gasteiger partial charge in [-0.05, 0) is 61.4 Å². The van der Waals surface area contributed by atoms with Gasteiger partial charge in [-0.1, -0.05) is 30.3 Å². The fourth-order valence-electron chi connectivity index (χ4n) is 2.98. The lowest BCUT2D eigenvalue weighted by atomic mass is 10.1. The zero-order chi connectivity index (χ0) is 20.8. The number of carbonyl (C=O) groups excluding carboxylic acids is 2. The Morgan fingerprint density at radius 3 is 2.17 bits per heavy atom. The SMILES string of the molecule is COc1ccccc1CNC(=O)c1ccc(C(=O)Nc2cccc(C)c2C)cc1. The molecule has 0 unspecified atom stereocenters. The Hall–Kier alpha value is -3.60. The summed E-state index contributed by atoms with van der Waals surface area (Å²) in [5.41, 5.74) is 4.81. The molecule has 0 bridgehead atoms. The molecule has 3 aromatic carbocycles. The number of hydrogen-bond donors (Lipinski definition) is 2. The molecule has 2 amide bonds. The van der Waals surface area contributed by atoms with E-state index in [9.17, 15) is 9.59 Å². The summed E-state index contributed by atoms with van der Waals surface area (Å²) in [5, 5.41) is 5.79. The largest absolute Gasteiger partial charge is 0.496 e. The molecular formula is C24H24N2O3. The van der Waals surface area contributed by atoms with Crippen molar-refractivity contribution < 1.29 is 14.3 Å². The topological polar surface area (TPSA) is 67.4 Å². The third-order valence-corrected chi connectivity index (χ3v) is 4.89. The Balaban J connectivity index is 1.64. The highest BCUT2D eigenvalue weighted by molar-refractivity contribution is 6.05. The van der Waals surface area contributed by atoms with Crippen LogP contribution in [-0.4, -0.2) is 18.9 Å². The Bertz CT molecular complexity index is 1030. The van der Waals surface area contributed by atoms with E-state index < -0.39 is 0 Å². The molecule has 3 rings (SSSR count). The van der Waals surface area contributed by atoms with Crippen LogP contribution in [0.15, 0.2) is 66.7 Å². The molecule has 0 saturated heterocycles. The van der Waals surface area contributed by atoms with Crippen LogP contribution in [0.4, 0.5) is 5.69 Å². The van der Waals surface area contributed by atoms with Gasteiger partial charge in [0, 0.05) is 28.9 Å². The van der Waals surface area contributed by atoms with Crippen molar-refractivity contribution in [2.75, 3.05) is 12.4 Å². The standard InChI is InChI=1S/C24H24N2O3/c1-16-7-6-9-21(17(16)2)26-24(28)19-13-11-18(12-14-19)23(27)25-15-20-8-4-5-10-22(20)29-3/h4-14H,15H2,1-3H3,(H,25,27)(H,26,28). The van der Waals surface area contributed by atoms with E-state index in [0.29, 0.717) is 17.7 Å². The highest BCUT2D eigenvalue weighted by Crippen LogP contribution is 2.19. The van der Waals surface area contributed by atoms with Crippen LogP contribution in [0.5, 0.6) is 5.75 Å². The summed E-state index contributed by atoms with van der Waals surface area (Å²) in [7, 11) is 1.60. The molecule has 0 heterocycles. The number of amides is 2. The van der Waals surface area contributed by atoms with Gasteiger partial charge in [0.1, 0.15) is 5.75 Å². The summed E-state index contributed by atoms with van der Waals surface area (Å²) in [6.45, 7) is 4.33. The molecule has 5 heteroatoms. The Morgan fingerprint density at radius 1 is 0.828 bits per heavy atom. The van der Waals surface area contributed by atoms with Crippen LogP contribution < -0.4 is 15.4 Å². The number of benzene rings is 3. The second-order valence-electron chi connectivity index (χ2n) is 6.77. The van der Waals surface area contributed by atoms with E-state index in [1.54, 1.807) is 31.4 Å². The second kappa shape index (κ2) is 9.06. The third kappa shape index (κ3) is 4.82. The van der Waals surface area contributed by atoms with Gasteiger partial charge in [0.2, 0.25) is 0 Å². The van der Waals surface area contributed by atoms with Gasteiger partial charge >= 0.3 is 0 Å². The highest BCUT2D eigenvalue weighted by atomic mass is 16.5. The number of aryl methyl sites for hydroxylation is 1. The molecular weight excluding hydrogens is 364 g/mol. The summed E-state index contributed by atoms with van der Waals surface area (Å²) >= 11 is 0. The van der Waals surface area contributed by atoms with Gasteiger partial charge in [-0.3, -0.25) is 9.59 Å². The first kappa shape index (κ1) is 20.1. The van der Waals surface area contributed by atoms with Gasteiger partial charge < -0.3 is 15.4 Å². The number of para-hydroxylation sites is 1. The molecule has 148 valence electrons. The normalized spacial score (nSPS) is 10.3. The zero-order valence-corrected chi connectivity index (χ0v) is 16.8. The summed E-state index contributed by atoms with van der Waals surface area (Å²) in [6, 6.07) is 19.9. The summed E-state index contributed by atoms with van der Waals surface area (Å²) in [4.78, 5) is 24.9. The Kier molecular flexibility index (Phi) is 6.29. The van der Waals surface area contributed by atoms with E-state index in [-0.39, 0.29) is 11.8 Å². The smallest absolute Gasteiger partial charge is 0.255 e. The Labute approximate surface area is 170 Å². The maximum absolute atomic E-state index is 12.5. The average molecular weight is 388 g/mol. The maximum Gasteiger partial charge on any atom is 0.255 e. The fraction of sp³-hybridized carbons (Fsp3) is 0.167. The monoisotopic (exact) mass is 388 g/mol. The molecule has 0 aromatic heterocycles. The average Bonchev–Trinajstić information content (AvgIpc) is 2.75. The van der Waals surface area contributed by atoms with E-state index in [4.69, 9.17) is 4.74 Å². The fourth-order valence-corrected chi connectivity index (χ4v) is 2.98. The molecule has 0 aliphatic carbocycles. The summed E-state index contributed by atoms with van der Waals surface area (Å²) < 4.78 is 5.29. The van der Waals surface area contributed by atoms with Crippen molar-refractivity contribution >= 4 is 17.5 Å². The minimum Gasteiger partial charge on any atom is -0.496 e. The second-order valence-corrected chi connectivity index (χ2v) is 6.77. The van der Waals surface area contributed by atoms with Gasteiger partial charge in [-0.15, -0.1) is 0 Å². The molecule has 2 N–H and O–H groups in total. The van der Waals surface area contributed by atoms with Crippen molar-refractivity contribution in [3.05, 3.63) is 94.5 Å². The van der Waals surface area contributed by atoms with Crippen LogP contribution in [0.2, 0.25) is 0 Å². The Morgan fingerprint density at radius 2 is 1.48 bits per heavy atom. The van der Waals surface area contributed by atoms with E-state index in [2.05, 4.69) is 10.6 Å². The van der Waals surface area contributed by atoms with Gasteiger partial charge in [-0.25, -0.2) is 0 Å². The minimum absolute atomic E-state index is 0.209.